The molecule has 1 aliphatic rings. The van der Waals surface area contributed by atoms with Crippen molar-refractivity contribution in [1.29, 1.82) is 0 Å². The van der Waals surface area contributed by atoms with Crippen molar-refractivity contribution in [1.82, 2.24) is 9.80 Å². The predicted octanol–water partition coefficient (Wildman–Crippen LogP) is 3.06. The highest BCUT2D eigenvalue weighted by Crippen LogP contribution is 2.25. The van der Waals surface area contributed by atoms with Crippen LogP contribution < -0.4 is 4.90 Å². The molecule has 1 fully saturated rings. The number of hydrogen-bond donors (Lipinski definition) is 0. The Kier molecular flexibility index (Phi) is 8.17. The number of aryl methyl sites for hydroxylation is 1. The molecular weight excluding hydrogens is 333 g/mol. The van der Waals surface area contributed by atoms with Gasteiger partial charge in [0.2, 0.25) is 5.91 Å². The maximum atomic E-state index is 12.2. The van der Waals surface area contributed by atoms with Crippen LogP contribution in [-0.2, 0) is 4.79 Å². The first-order valence-corrected chi connectivity index (χ1v) is 8.44. The van der Waals surface area contributed by atoms with Gasteiger partial charge in [0, 0.05) is 50.0 Å². The summed E-state index contributed by atoms with van der Waals surface area (Å²) in [4.78, 5) is 18.7. The summed E-state index contributed by atoms with van der Waals surface area (Å²) in [6, 6.07) is 6.03. The zero-order valence-electron chi connectivity index (χ0n) is 14.2. The van der Waals surface area contributed by atoms with Gasteiger partial charge >= 0.3 is 0 Å². The van der Waals surface area contributed by atoms with Gasteiger partial charge in [-0.3, -0.25) is 9.69 Å². The Morgan fingerprint density at radius 2 is 1.78 bits per heavy atom. The molecule has 0 N–H and O–H groups in total. The van der Waals surface area contributed by atoms with Gasteiger partial charge in [0.25, 0.3) is 0 Å². The number of anilines is 1. The summed E-state index contributed by atoms with van der Waals surface area (Å²) in [7, 11) is 0. The molecule has 0 unspecified atom stereocenters. The number of carbonyl (C=O) groups excluding carboxylic acids is 1. The second-order valence-corrected chi connectivity index (χ2v) is 6.20. The van der Waals surface area contributed by atoms with Gasteiger partial charge in [-0.2, -0.15) is 0 Å². The van der Waals surface area contributed by atoms with Crippen molar-refractivity contribution in [2.75, 3.05) is 50.7 Å². The molecule has 130 valence electrons. The monoisotopic (exact) mass is 359 g/mol. The number of carbonyl (C=O) groups is 1. The molecule has 2 rings (SSSR count). The summed E-state index contributed by atoms with van der Waals surface area (Å²) in [5.41, 5.74) is 2.46. The fraction of sp³-hybridized carbons (Fsp3) is 0.588. The summed E-state index contributed by atoms with van der Waals surface area (Å²) >= 11 is 6.11. The molecule has 1 aromatic carbocycles. The highest BCUT2D eigenvalue weighted by Gasteiger charge is 2.21. The number of hydrogen-bond acceptors (Lipinski definition) is 3. The average Bonchev–Trinajstić information content (AvgIpc) is 2.52. The number of rotatable bonds is 5. The Labute approximate surface area is 150 Å². The molecule has 23 heavy (non-hydrogen) atoms. The topological polar surface area (TPSA) is 26.8 Å². The normalized spacial score (nSPS) is 15.2. The molecule has 1 aliphatic heterocycles. The lowest BCUT2D eigenvalue weighted by Gasteiger charge is -2.37. The zero-order chi connectivity index (χ0) is 16.1. The van der Waals surface area contributed by atoms with Gasteiger partial charge in [0.05, 0.1) is 6.54 Å². The molecule has 4 nitrogen and oxygen atoms in total. The van der Waals surface area contributed by atoms with Crippen LogP contribution in [0.2, 0.25) is 5.02 Å². The molecule has 0 spiro atoms. The van der Waals surface area contributed by atoms with Gasteiger partial charge in [0.15, 0.2) is 0 Å². The molecule has 0 saturated carbocycles. The van der Waals surface area contributed by atoms with E-state index in [1.54, 1.807) is 0 Å². The van der Waals surface area contributed by atoms with Crippen LogP contribution in [-0.4, -0.2) is 61.5 Å². The summed E-state index contributed by atoms with van der Waals surface area (Å²) in [5, 5.41) is 0.778. The van der Waals surface area contributed by atoms with Crippen molar-refractivity contribution in [2.24, 2.45) is 0 Å². The third-order valence-electron chi connectivity index (χ3n) is 4.36. The van der Waals surface area contributed by atoms with Crippen LogP contribution in [0, 0.1) is 6.92 Å². The number of nitrogens with zero attached hydrogens (tertiary/aromatic N) is 3. The van der Waals surface area contributed by atoms with E-state index < -0.39 is 0 Å². The van der Waals surface area contributed by atoms with Gasteiger partial charge in [-0.25, -0.2) is 0 Å². The fourth-order valence-electron chi connectivity index (χ4n) is 2.94. The maximum absolute atomic E-state index is 12.2. The smallest absolute Gasteiger partial charge is 0.236 e. The second kappa shape index (κ2) is 9.36. The zero-order valence-corrected chi connectivity index (χ0v) is 15.8. The highest BCUT2D eigenvalue weighted by atomic mass is 35.5. The third kappa shape index (κ3) is 5.27. The van der Waals surface area contributed by atoms with Gasteiger partial charge in [-0.05, 0) is 38.5 Å². The van der Waals surface area contributed by atoms with Crippen LogP contribution in [0.3, 0.4) is 0 Å². The molecule has 1 amide bonds. The van der Waals surface area contributed by atoms with Gasteiger partial charge in [0.1, 0.15) is 0 Å². The van der Waals surface area contributed by atoms with E-state index in [2.05, 4.69) is 22.8 Å². The van der Waals surface area contributed by atoms with Crippen LogP contribution in [0.15, 0.2) is 18.2 Å². The van der Waals surface area contributed by atoms with E-state index in [1.165, 1.54) is 11.3 Å². The molecule has 0 bridgehead atoms. The van der Waals surface area contributed by atoms with Crippen molar-refractivity contribution in [3.8, 4) is 0 Å². The highest BCUT2D eigenvalue weighted by molar-refractivity contribution is 6.30. The van der Waals surface area contributed by atoms with E-state index in [0.29, 0.717) is 6.54 Å². The Morgan fingerprint density at radius 1 is 1.17 bits per heavy atom. The number of piperazine rings is 1. The molecule has 0 atom stereocenters. The molecule has 0 radical (unpaired) electrons. The molecule has 0 aliphatic carbocycles. The molecule has 1 saturated heterocycles. The molecule has 6 heteroatoms. The number of amides is 1. The largest absolute Gasteiger partial charge is 0.369 e. The quantitative estimate of drug-likeness (QED) is 0.808. The minimum atomic E-state index is 0. The van der Waals surface area contributed by atoms with Crippen molar-refractivity contribution in [3.63, 3.8) is 0 Å². The standard InChI is InChI=1S/C17H26ClN3O.ClH/c1-4-20(5-2)17(22)13-19-8-10-21(11-9-19)16-12-15(18)7-6-14(16)3;/h6-7,12H,4-5,8-11,13H2,1-3H3;1H. The first-order valence-electron chi connectivity index (χ1n) is 8.06. The molecular formula is C17H27Cl2N3O. The summed E-state index contributed by atoms with van der Waals surface area (Å²) in [5.74, 6) is 0.234. The minimum Gasteiger partial charge on any atom is -0.369 e. The van der Waals surface area contributed by atoms with E-state index in [9.17, 15) is 4.79 Å². The minimum absolute atomic E-state index is 0. The lowest BCUT2D eigenvalue weighted by molar-refractivity contribution is -0.132. The van der Waals surface area contributed by atoms with Crippen LogP contribution >= 0.6 is 24.0 Å². The average molecular weight is 360 g/mol. The molecule has 0 aromatic heterocycles. The van der Waals surface area contributed by atoms with E-state index >= 15 is 0 Å². The van der Waals surface area contributed by atoms with Crippen molar-refractivity contribution >= 4 is 35.6 Å². The lowest BCUT2D eigenvalue weighted by atomic mass is 10.1. The Morgan fingerprint density at radius 3 is 2.35 bits per heavy atom. The second-order valence-electron chi connectivity index (χ2n) is 5.76. The first-order chi connectivity index (χ1) is 10.5. The van der Waals surface area contributed by atoms with Gasteiger partial charge in [-0.15, -0.1) is 12.4 Å². The molecule has 1 aromatic rings. The van der Waals surface area contributed by atoms with Gasteiger partial charge in [-0.1, -0.05) is 17.7 Å². The first kappa shape index (κ1) is 20.1. The summed E-state index contributed by atoms with van der Waals surface area (Å²) < 4.78 is 0. The fourth-order valence-corrected chi connectivity index (χ4v) is 3.10. The SMILES string of the molecule is CCN(CC)C(=O)CN1CCN(c2cc(Cl)ccc2C)CC1.Cl. The maximum Gasteiger partial charge on any atom is 0.236 e. The Balaban J connectivity index is 0.00000264. The number of halogens is 2. The van der Waals surface area contributed by atoms with E-state index in [1.807, 2.05) is 30.9 Å². The number of benzene rings is 1. The van der Waals surface area contributed by atoms with Crippen molar-refractivity contribution in [3.05, 3.63) is 28.8 Å². The summed E-state index contributed by atoms with van der Waals surface area (Å²) in [6.07, 6.45) is 0. The third-order valence-corrected chi connectivity index (χ3v) is 4.59. The van der Waals surface area contributed by atoms with Crippen LogP contribution in [0.25, 0.3) is 0 Å². The van der Waals surface area contributed by atoms with Gasteiger partial charge < -0.3 is 9.80 Å². The van der Waals surface area contributed by atoms with E-state index in [4.69, 9.17) is 11.6 Å². The number of likely N-dealkylation sites (N-methyl/N-ethyl adjacent to an activating group) is 1. The van der Waals surface area contributed by atoms with Crippen LogP contribution in [0.5, 0.6) is 0 Å². The van der Waals surface area contributed by atoms with E-state index in [0.717, 1.165) is 44.3 Å². The van der Waals surface area contributed by atoms with Crippen LogP contribution in [0.4, 0.5) is 5.69 Å². The lowest BCUT2D eigenvalue weighted by Crippen LogP contribution is -2.50. The predicted molar refractivity (Wildman–Crippen MR) is 100 cm³/mol. The van der Waals surface area contributed by atoms with E-state index in [-0.39, 0.29) is 18.3 Å². The Hall–Kier alpha value is -0.970. The Bertz CT molecular complexity index is 513. The van der Waals surface area contributed by atoms with Crippen molar-refractivity contribution in [2.45, 2.75) is 20.8 Å². The van der Waals surface area contributed by atoms with Crippen LogP contribution in [0.1, 0.15) is 19.4 Å². The summed E-state index contributed by atoms with van der Waals surface area (Å²) in [6.45, 7) is 12.0. The molecule has 1 heterocycles. The van der Waals surface area contributed by atoms with Crippen molar-refractivity contribution < 1.29 is 4.79 Å².